The van der Waals surface area contributed by atoms with Gasteiger partial charge in [0.05, 0.1) is 6.21 Å². The summed E-state index contributed by atoms with van der Waals surface area (Å²) >= 11 is 0. The van der Waals surface area contributed by atoms with Gasteiger partial charge in [0, 0.05) is 6.54 Å². The first-order valence-electron chi connectivity index (χ1n) is 8.14. The second kappa shape index (κ2) is 8.19. The van der Waals surface area contributed by atoms with Crippen LogP contribution in [-0.4, -0.2) is 25.5 Å². The first kappa shape index (κ1) is 16.8. The van der Waals surface area contributed by atoms with Gasteiger partial charge in [-0.15, -0.1) is 0 Å². The van der Waals surface area contributed by atoms with Gasteiger partial charge in [0.2, 0.25) is 6.79 Å². The van der Waals surface area contributed by atoms with Crippen LogP contribution in [0.25, 0.3) is 0 Å². The summed E-state index contributed by atoms with van der Waals surface area (Å²) in [4.78, 5) is 16.8. The second-order valence-corrected chi connectivity index (χ2v) is 5.57. The summed E-state index contributed by atoms with van der Waals surface area (Å²) in [5, 5.41) is 6.59. The van der Waals surface area contributed by atoms with Gasteiger partial charge in [-0.05, 0) is 35.2 Å². The van der Waals surface area contributed by atoms with Crippen molar-refractivity contribution in [3.63, 3.8) is 0 Å². The van der Waals surface area contributed by atoms with Crippen LogP contribution in [0.2, 0.25) is 0 Å². The van der Waals surface area contributed by atoms with Crippen LogP contribution in [0, 0.1) is 0 Å². The largest absolute Gasteiger partial charge is 0.454 e. The number of aryl methyl sites for hydroxylation is 1. The van der Waals surface area contributed by atoms with E-state index in [2.05, 4.69) is 17.4 Å². The molecule has 3 rings (SSSR count). The summed E-state index contributed by atoms with van der Waals surface area (Å²) in [5.74, 6) is 1.18. The zero-order valence-corrected chi connectivity index (χ0v) is 14.0. The molecule has 0 fully saturated rings. The lowest BCUT2D eigenvalue weighted by molar-refractivity contribution is -0.125. The fourth-order valence-electron chi connectivity index (χ4n) is 2.34. The number of benzene rings is 2. The van der Waals surface area contributed by atoms with Crippen molar-refractivity contribution in [3.8, 4) is 11.5 Å². The van der Waals surface area contributed by atoms with Crippen LogP contribution in [0.15, 0.2) is 47.6 Å². The van der Waals surface area contributed by atoms with Crippen LogP contribution in [0.1, 0.15) is 23.6 Å². The highest BCUT2D eigenvalue weighted by Crippen LogP contribution is 2.32. The van der Waals surface area contributed by atoms with Crippen LogP contribution in [0.4, 0.5) is 0 Å². The highest BCUT2D eigenvalue weighted by atomic mass is 16.7. The number of nitrogens with one attached hydrogen (secondary N) is 1. The van der Waals surface area contributed by atoms with Crippen molar-refractivity contribution in [3.05, 3.63) is 59.2 Å². The number of fused-ring (bicyclic) bond motifs is 1. The molecule has 25 heavy (non-hydrogen) atoms. The molecule has 1 N–H and O–H groups in total. The maximum absolute atomic E-state index is 11.8. The molecule has 1 aliphatic heterocycles. The molecule has 6 nitrogen and oxygen atoms in total. The molecule has 0 atom stereocenters. The van der Waals surface area contributed by atoms with Gasteiger partial charge in [-0.3, -0.25) is 4.79 Å². The predicted molar refractivity (Wildman–Crippen MR) is 93.8 cm³/mol. The standard InChI is InChI=1S/C19H20N2O4/c1-2-14-3-5-15(6-4-14)11-21-25-12-19(22)20-10-16-7-8-17-18(9-16)24-13-23-17/h3-9,11H,2,10,12-13H2,1H3,(H,20,22)/b21-11-. The lowest BCUT2D eigenvalue weighted by Crippen LogP contribution is -2.26. The van der Waals surface area contributed by atoms with Gasteiger partial charge in [0.1, 0.15) is 0 Å². The molecule has 2 aromatic rings. The van der Waals surface area contributed by atoms with Gasteiger partial charge < -0.3 is 19.6 Å². The molecule has 0 saturated heterocycles. The summed E-state index contributed by atoms with van der Waals surface area (Å²) < 4.78 is 10.6. The van der Waals surface area contributed by atoms with E-state index in [9.17, 15) is 4.79 Å². The first-order chi connectivity index (χ1) is 12.2. The Bertz CT molecular complexity index is 757. The maximum Gasteiger partial charge on any atom is 0.261 e. The Labute approximate surface area is 146 Å². The van der Waals surface area contributed by atoms with E-state index < -0.39 is 0 Å². The molecule has 0 unspecified atom stereocenters. The Balaban J connectivity index is 1.39. The maximum atomic E-state index is 11.8. The molecule has 0 aliphatic carbocycles. The quantitative estimate of drug-likeness (QED) is 0.621. The fraction of sp³-hybridized carbons (Fsp3) is 0.263. The van der Waals surface area contributed by atoms with E-state index in [1.807, 2.05) is 42.5 Å². The van der Waals surface area contributed by atoms with Gasteiger partial charge in [-0.25, -0.2) is 0 Å². The zero-order chi connectivity index (χ0) is 17.5. The average Bonchev–Trinajstić information content (AvgIpc) is 3.12. The monoisotopic (exact) mass is 340 g/mol. The Morgan fingerprint density at radius 1 is 1.16 bits per heavy atom. The van der Waals surface area contributed by atoms with Crippen LogP contribution in [-0.2, 0) is 22.6 Å². The van der Waals surface area contributed by atoms with Crippen molar-refractivity contribution in [2.45, 2.75) is 19.9 Å². The van der Waals surface area contributed by atoms with Crippen molar-refractivity contribution in [1.82, 2.24) is 5.32 Å². The number of rotatable bonds is 7. The van der Waals surface area contributed by atoms with E-state index >= 15 is 0 Å². The number of amides is 1. The summed E-state index contributed by atoms with van der Waals surface area (Å²) in [5.41, 5.74) is 3.12. The molecule has 0 saturated carbocycles. The van der Waals surface area contributed by atoms with E-state index in [0.29, 0.717) is 12.3 Å². The van der Waals surface area contributed by atoms with E-state index in [0.717, 1.165) is 23.3 Å². The molecule has 6 heteroatoms. The van der Waals surface area contributed by atoms with Gasteiger partial charge in [-0.2, -0.15) is 0 Å². The van der Waals surface area contributed by atoms with Gasteiger partial charge in [0.15, 0.2) is 18.1 Å². The third kappa shape index (κ3) is 4.73. The molecular formula is C19H20N2O4. The third-order valence-electron chi connectivity index (χ3n) is 3.79. The van der Waals surface area contributed by atoms with E-state index in [1.165, 1.54) is 5.56 Å². The highest BCUT2D eigenvalue weighted by Gasteiger charge is 2.13. The molecule has 130 valence electrons. The summed E-state index contributed by atoms with van der Waals surface area (Å²) in [6, 6.07) is 13.6. The molecule has 0 radical (unpaired) electrons. The molecule has 1 heterocycles. The van der Waals surface area contributed by atoms with E-state index in [1.54, 1.807) is 6.21 Å². The van der Waals surface area contributed by atoms with Gasteiger partial charge in [-0.1, -0.05) is 42.4 Å². The number of carbonyl (C=O) groups excluding carboxylic acids is 1. The van der Waals surface area contributed by atoms with E-state index in [-0.39, 0.29) is 19.3 Å². The van der Waals surface area contributed by atoms with E-state index in [4.69, 9.17) is 14.3 Å². The fourth-order valence-corrected chi connectivity index (χ4v) is 2.34. The highest BCUT2D eigenvalue weighted by molar-refractivity contribution is 5.79. The normalized spacial score (nSPS) is 12.4. The third-order valence-corrected chi connectivity index (χ3v) is 3.79. The Morgan fingerprint density at radius 2 is 1.92 bits per heavy atom. The second-order valence-electron chi connectivity index (χ2n) is 5.57. The number of oxime groups is 1. The van der Waals surface area contributed by atoms with Crippen molar-refractivity contribution in [2.75, 3.05) is 13.4 Å². The van der Waals surface area contributed by atoms with Gasteiger partial charge in [0.25, 0.3) is 5.91 Å². The lowest BCUT2D eigenvalue weighted by Gasteiger charge is -2.05. The molecule has 1 aliphatic rings. The van der Waals surface area contributed by atoms with Crippen molar-refractivity contribution in [1.29, 1.82) is 0 Å². The van der Waals surface area contributed by atoms with Crippen LogP contribution in [0.5, 0.6) is 11.5 Å². The van der Waals surface area contributed by atoms with Crippen molar-refractivity contribution in [2.24, 2.45) is 5.16 Å². The Hall–Kier alpha value is -3.02. The summed E-state index contributed by atoms with van der Waals surface area (Å²) in [6.45, 7) is 2.60. The number of hydrogen-bond donors (Lipinski definition) is 1. The van der Waals surface area contributed by atoms with Crippen molar-refractivity contribution >= 4 is 12.1 Å². The Kier molecular flexibility index (Phi) is 5.51. The van der Waals surface area contributed by atoms with Crippen LogP contribution >= 0.6 is 0 Å². The lowest BCUT2D eigenvalue weighted by atomic mass is 10.1. The molecule has 0 bridgehead atoms. The van der Waals surface area contributed by atoms with Crippen LogP contribution < -0.4 is 14.8 Å². The minimum Gasteiger partial charge on any atom is -0.454 e. The number of hydrogen-bond acceptors (Lipinski definition) is 5. The number of carbonyl (C=O) groups is 1. The van der Waals surface area contributed by atoms with Gasteiger partial charge >= 0.3 is 0 Å². The average molecular weight is 340 g/mol. The first-order valence-corrected chi connectivity index (χ1v) is 8.14. The number of nitrogens with zero attached hydrogens (tertiary/aromatic N) is 1. The SMILES string of the molecule is CCc1ccc(/C=N\OCC(=O)NCc2ccc3c(c2)OCO3)cc1. The molecule has 0 aromatic heterocycles. The topological polar surface area (TPSA) is 69.2 Å². The smallest absolute Gasteiger partial charge is 0.261 e. The predicted octanol–water partition coefficient (Wildman–Crippen LogP) is 2.64. The molecule has 0 spiro atoms. The molecular weight excluding hydrogens is 320 g/mol. The minimum atomic E-state index is -0.240. The van der Waals surface area contributed by atoms with Crippen LogP contribution in [0.3, 0.4) is 0 Å². The number of ether oxygens (including phenoxy) is 2. The summed E-state index contributed by atoms with van der Waals surface area (Å²) in [6.07, 6.45) is 2.59. The molecule has 1 amide bonds. The molecule has 2 aromatic carbocycles. The zero-order valence-electron chi connectivity index (χ0n) is 14.0. The van der Waals surface area contributed by atoms with Crippen molar-refractivity contribution < 1.29 is 19.1 Å². The Morgan fingerprint density at radius 3 is 2.72 bits per heavy atom. The minimum absolute atomic E-state index is 0.131. The summed E-state index contributed by atoms with van der Waals surface area (Å²) in [7, 11) is 0.